The minimum Gasteiger partial charge on any atom is -0.496 e. The average molecular weight is 248 g/mol. The second-order valence-corrected chi connectivity index (χ2v) is 4.98. The highest BCUT2D eigenvalue weighted by Gasteiger charge is 2.11. The van der Waals surface area contributed by atoms with E-state index in [1.54, 1.807) is 7.11 Å². The van der Waals surface area contributed by atoms with Crippen LogP contribution in [0, 0.1) is 5.92 Å². The molecule has 18 heavy (non-hydrogen) atoms. The fourth-order valence-corrected chi connectivity index (χ4v) is 2.54. The molecular formula is C15H24N2O. The third-order valence-corrected chi connectivity index (χ3v) is 3.60. The van der Waals surface area contributed by atoms with Crippen LogP contribution in [0.15, 0.2) is 24.3 Å². The first-order valence-electron chi connectivity index (χ1n) is 6.93. The zero-order valence-electron chi connectivity index (χ0n) is 11.2. The van der Waals surface area contributed by atoms with Gasteiger partial charge in [0.15, 0.2) is 0 Å². The number of methoxy groups -OCH3 is 1. The van der Waals surface area contributed by atoms with Crippen molar-refractivity contribution in [2.24, 2.45) is 5.92 Å². The maximum absolute atomic E-state index is 5.35. The largest absolute Gasteiger partial charge is 0.496 e. The van der Waals surface area contributed by atoms with Crippen LogP contribution in [0.5, 0.6) is 5.75 Å². The van der Waals surface area contributed by atoms with Crippen LogP contribution < -0.4 is 15.4 Å². The van der Waals surface area contributed by atoms with Gasteiger partial charge in [-0.25, -0.2) is 0 Å². The van der Waals surface area contributed by atoms with Gasteiger partial charge in [0.2, 0.25) is 0 Å². The zero-order valence-corrected chi connectivity index (χ0v) is 11.2. The fourth-order valence-electron chi connectivity index (χ4n) is 2.54. The Morgan fingerprint density at radius 2 is 2.28 bits per heavy atom. The molecule has 0 aromatic heterocycles. The van der Waals surface area contributed by atoms with Crippen molar-refractivity contribution in [3.63, 3.8) is 0 Å². The summed E-state index contributed by atoms with van der Waals surface area (Å²) in [6.07, 6.45) is 3.71. The van der Waals surface area contributed by atoms with E-state index in [9.17, 15) is 0 Å². The quantitative estimate of drug-likeness (QED) is 0.754. The molecular weight excluding hydrogens is 224 g/mol. The molecule has 100 valence electrons. The first-order valence-corrected chi connectivity index (χ1v) is 6.93. The van der Waals surface area contributed by atoms with Crippen molar-refractivity contribution in [2.75, 3.05) is 33.3 Å². The molecule has 1 heterocycles. The van der Waals surface area contributed by atoms with Gasteiger partial charge in [-0.05, 0) is 63.0 Å². The Morgan fingerprint density at radius 3 is 3.06 bits per heavy atom. The Bertz CT molecular complexity index is 348. The molecule has 0 saturated carbocycles. The lowest BCUT2D eigenvalue weighted by atomic mass is 10.00. The molecule has 1 aliphatic rings. The van der Waals surface area contributed by atoms with Crippen molar-refractivity contribution >= 4 is 0 Å². The molecule has 0 spiro atoms. The summed E-state index contributed by atoms with van der Waals surface area (Å²) >= 11 is 0. The van der Waals surface area contributed by atoms with Crippen LogP contribution in [-0.2, 0) is 6.42 Å². The Balaban J connectivity index is 1.68. The molecule has 1 aromatic rings. The van der Waals surface area contributed by atoms with Crippen molar-refractivity contribution < 1.29 is 4.74 Å². The highest BCUT2D eigenvalue weighted by Crippen LogP contribution is 2.17. The van der Waals surface area contributed by atoms with Crippen molar-refractivity contribution in [2.45, 2.75) is 19.3 Å². The Hall–Kier alpha value is -1.06. The number of hydrogen-bond donors (Lipinski definition) is 2. The summed E-state index contributed by atoms with van der Waals surface area (Å²) in [5.74, 6) is 1.80. The van der Waals surface area contributed by atoms with E-state index < -0.39 is 0 Å². The molecule has 0 aliphatic carbocycles. The molecule has 1 aliphatic heterocycles. The van der Waals surface area contributed by atoms with E-state index in [1.165, 1.54) is 31.5 Å². The summed E-state index contributed by atoms with van der Waals surface area (Å²) in [4.78, 5) is 0. The smallest absolute Gasteiger partial charge is 0.122 e. The van der Waals surface area contributed by atoms with Crippen molar-refractivity contribution in [1.82, 2.24) is 10.6 Å². The lowest BCUT2D eigenvalue weighted by molar-refractivity contribution is 0.360. The number of piperidine rings is 1. The third-order valence-electron chi connectivity index (χ3n) is 3.60. The van der Waals surface area contributed by atoms with Crippen LogP contribution >= 0.6 is 0 Å². The molecule has 2 N–H and O–H groups in total. The maximum Gasteiger partial charge on any atom is 0.122 e. The number of hydrogen-bond acceptors (Lipinski definition) is 3. The maximum atomic E-state index is 5.35. The summed E-state index contributed by atoms with van der Waals surface area (Å²) in [5.41, 5.74) is 1.29. The van der Waals surface area contributed by atoms with Crippen molar-refractivity contribution in [1.29, 1.82) is 0 Å². The van der Waals surface area contributed by atoms with E-state index in [4.69, 9.17) is 4.74 Å². The van der Waals surface area contributed by atoms with Gasteiger partial charge in [0.1, 0.15) is 5.75 Å². The minimum atomic E-state index is 0.802. The molecule has 0 amide bonds. The van der Waals surface area contributed by atoms with E-state index >= 15 is 0 Å². The Labute approximate surface area is 110 Å². The van der Waals surface area contributed by atoms with Crippen molar-refractivity contribution in [3.05, 3.63) is 29.8 Å². The topological polar surface area (TPSA) is 33.3 Å². The predicted molar refractivity (Wildman–Crippen MR) is 75.2 cm³/mol. The number of benzene rings is 1. The molecule has 3 heteroatoms. The first-order chi connectivity index (χ1) is 8.90. The second kappa shape index (κ2) is 7.39. The molecule has 1 unspecified atom stereocenters. The predicted octanol–water partition coefficient (Wildman–Crippen LogP) is 1.83. The van der Waals surface area contributed by atoms with E-state index in [2.05, 4.69) is 22.8 Å². The summed E-state index contributed by atoms with van der Waals surface area (Å²) in [6.45, 7) is 4.51. The van der Waals surface area contributed by atoms with Gasteiger partial charge in [-0.3, -0.25) is 0 Å². The van der Waals surface area contributed by atoms with Gasteiger partial charge >= 0.3 is 0 Å². The SMILES string of the molecule is COc1ccccc1CCNCC1CCCNC1. The van der Waals surface area contributed by atoms with Gasteiger partial charge in [-0.2, -0.15) is 0 Å². The normalized spacial score (nSPS) is 19.7. The van der Waals surface area contributed by atoms with Gasteiger partial charge in [0.25, 0.3) is 0 Å². The number of ether oxygens (including phenoxy) is 1. The van der Waals surface area contributed by atoms with E-state index in [1.807, 2.05) is 12.1 Å². The lowest BCUT2D eigenvalue weighted by Gasteiger charge is -2.23. The standard InChI is InChI=1S/C15H24N2O/c1-18-15-7-3-2-6-14(15)8-10-17-12-13-5-4-9-16-11-13/h2-3,6-7,13,16-17H,4-5,8-12H2,1H3. The highest BCUT2D eigenvalue weighted by atomic mass is 16.5. The minimum absolute atomic E-state index is 0.802. The molecule has 3 nitrogen and oxygen atoms in total. The first kappa shape index (κ1) is 13.4. The number of nitrogens with one attached hydrogen (secondary N) is 2. The van der Waals surface area contributed by atoms with Crippen LogP contribution in [0.1, 0.15) is 18.4 Å². The monoisotopic (exact) mass is 248 g/mol. The molecule has 1 aromatic carbocycles. The van der Waals surface area contributed by atoms with Crippen LogP contribution in [0.2, 0.25) is 0 Å². The summed E-state index contributed by atoms with van der Waals surface area (Å²) < 4.78 is 5.35. The number of rotatable bonds is 6. The molecule has 1 atom stereocenters. The summed E-state index contributed by atoms with van der Waals surface area (Å²) in [6, 6.07) is 8.26. The van der Waals surface area contributed by atoms with Gasteiger partial charge in [0, 0.05) is 0 Å². The Morgan fingerprint density at radius 1 is 1.39 bits per heavy atom. The van der Waals surface area contributed by atoms with Gasteiger partial charge < -0.3 is 15.4 Å². The van der Waals surface area contributed by atoms with E-state index in [-0.39, 0.29) is 0 Å². The summed E-state index contributed by atoms with van der Waals surface area (Å²) in [5, 5.41) is 7.01. The van der Waals surface area contributed by atoms with Crippen LogP contribution in [0.4, 0.5) is 0 Å². The van der Waals surface area contributed by atoms with E-state index in [0.29, 0.717) is 0 Å². The number of para-hydroxylation sites is 1. The van der Waals surface area contributed by atoms with Gasteiger partial charge in [-0.1, -0.05) is 18.2 Å². The molecule has 2 rings (SSSR count). The molecule has 1 fully saturated rings. The van der Waals surface area contributed by atoms with Crippen LogP contribution in [-0.4, -0.2) is 33.3 Å². The fraction of sp³-hybridized carbons (Fsp3) is 0.600. The second-order valence-electron chi connectivity index (χ2n) is 4.98. The van der Waals surface area contributed by atoms with Crippen molar-refractivity contribution in [3.8, 4) is 5.75 Å². The van der Waals surface area contributed by atoms with Gasteiger partial charge in [-0.15, -0.1) is 0 Å². The average Bonchev–Trinajstić information content (AvgIpc) is 2.45. The summed E-state index contributed by atoms with van der Waals surface area (Å²) in [7, 11) is 1.74. The van der Waals surface area contributed by atoms with Crippen LogP contribution in [0.25, 0.3) is 0 Å². The highest BCUT2D eigenvalue weighted by molar-refractivity contribution is 5.33. The Kier molecular flexibility index (Phi) is 5.49. The molecule has 0 bridgehead atoms. The van der Waals surface area contributed by atoms with Crippen LogP contribution in [0.3, 0.4) is 0 Å². The lowest BCUT2D eigenvalue weighted by Crippen LogP contribution is -2.36. The third kappa shape index (κ3) is 4.00. The molecule has 1 saturated heterocycles. The van der Waals surface area contributed by atoms with Gasteiger partial charge in [0.05, 0.1) is 7.11 Å². The molecule has 0 radical (unpaired) electrons. The van der Waals surface area contributed by atoms with E-state index in [0.717, 1.165) is 31.2 Å². The zero-order chi connectivity index (χ0) is 12.6.